The SMILES string of the molecule is NCc1cc(=O)c(C(=O)O)c(C(F)F)[nH]1. The van der Waals surface area contributed by atoms with Gasteiger partial charge in [0.1, 0.15) is 11.3 Å². The summed E-state index contributed by atoms with van der Waals surface area (Å²) in [5.41, 5.74) is 2.40. The van der Waals surface area contributed by atoms with Crippen LogP contribution < -0.4 is 11.2 Å². The predicted octanol–water partition coefficient (Wildman–Crippen LogP) is 0.469. The topological polar surface area (TPSA) is 96.2 Å². The zero-order chi connectivity index (χ0) is 11.6. The molecule has 0 spiro atoms. The van der Waals surface area contributed by atoms with Gasteiger partial charge >= 0.3 is 5.97 Å². The molecule has 0 atom stereocenters. The Morgan fingerprint density at radius 3 is 2.60 bits per heavy atom. The molecular weight excluding hydrogens is 210 g/mol. The summed E-state index contributed by atoms with van der Waals surface area (Å²) in [7, 11) is 0. The summed E-state index contributed by atoms with van der Waals surface area (Å²) in [5.74, 6) is -1.69. The normalized spacial score (nSPS) is 10.7. The highest BCUT2D eigenvalue weighted by atomic mass is 19.3. The maximum atomic E-state index is 12.4. The van der Waals surface area contributed by atoms with Gasteiger partial charge < -0.3 is 15.8 Å². The van der Waals surface area contributed by atoms with E-state index in [9.17, 15) is 18.4 Å². The minimum atomic E-state index is -3.06. The molecule has 7 heteroatoms. The first-order chi connectivity index (χ1) is 6.97. The van der Waals surface area contributed by atoms with Crippen molar-refractivity contribution in [3.05, 3.63) is 33.2 Å². The zero-order valence-electron chi connectivity index (χ0n) is 7.46. The summed E-state index contributed by atoms with van der Waals surface area (Å²) >= 11 is 0. The number of aromatic carboxylic acids is 1. The van der Waals surface area contributed by atoms with Gasteiger partial charge in [0.2, 0.25) is 0 Å². The Labute approximate surface area is 82.5 Å². The van der Waals surface area contributed by atoms with Crippen molar-refractivity contribution in [1.82, 2.24) is 4.98 Å². The molecule has 1 heterocycles. The number of aromatic nitrogens is 1. The van der Waals surface area contributed by atoms with E-state index in [0.29, 0.717) is 0 Å². The Morgan fingerprint density at radius 1 is 1.60 bits per heavy atom. The Bertz CT molecular complexity index is 442. The van der Waals surface area contributed by atoms with Gasteiger partial charge in [0, 0.05) is 18.3 Å². The first-order valence-electron chi connectivity index (χ1n) is 3.95. The number of carboxylic acids is 1. The lowest BCUT2D eigenvalue weighted by Crippen LogP contribution is -2.21. The van der Waals surface area contributed by atoms with Crippen molar-refractivity contribution in [2.45, 2.75) is 13.0 Å². The van der Waals surface area contributed by atoms with Crippen LogP contribution in [0.25, 0.3) is 0 Å². The molecule has 0 saturated carbocycles. The lowest BCUT2D eigenvalue weighted by Gasteiger charge is -2.06. The molecule has 82 valence electrons. The summed E-state index contributed by atoms with van der Waals surface area (Å²) in [6.07, 6.45) is -3.06. The molecule has 0 aromatic carbocycles. The summed E-state index contributed by atoms with van der Waals surface area (Å²) in [6.45, 7) is -0.144. The number of hydrogen-bond donors (Lipinski definition) is 3. The van der Waals surface area contributed by atoms with Gasteiger partial charge in [-0.1, -0.05) is 0 Å². The summed E-state index contributed by atoms with van der Waals surface area (Å²) in [5, 5.41) is 8.57. The Morgan fingerprint density at radius 2 is 2.20 bits per heavy atom. The van der Waals surface area contributed by atoms with E-state index in [1.807, 2.05) is 0 Å². The minimum Gasteiger partial charge on any atom is -0.477 e. The van der Waals surface area contributed by atoms with Crippen molar-refractivity contribution in [1.29, 1.82) is 0 Å². The van der Waals surface area contributed by atoms with Crippen LogP contribution in [0.4, 0.5) is 8.78 Å². The average Bonchev–Trinajstić information content (AvgIpc) is 2.15. The molecule has 0 amide bonds. The average molecular weight is 218 g/mol. The minimum absolute atomic E-state index is 0.0697. The van der Waals surface area contributed by atoms with E-state index >= 15 is 0 Å². The van der Waals surface area contributed by atoms with Crippen molar-refractivity contribution in [2.24, 2.45) is 5.73 Å². The molecule has 1 aromatic rings. The van der Waals surface area contributed by atoms with Crippen LogP contribution in [0.5, 0.6) is 0 Å². The van der Waals surface area contributed by atoms with Crippen LogP contribution in [0, 0.1) is 0 Å². The van der Waals surface area contributed by atoms with Crippen molar-refractivity contribution in [3.8, 4) is 0 Å². The number of nitrogens with one attached hydrogen (secondary N) is 1. The third-order valence-electron chi connectivity index (χ3n) is 1.77. The third kappa shape index (κ3) is 2.18. The Hall–Kier alpha value is -1.76. The van der Waals surface area contributed by atoms with E-state index in [-0.39, 0.29) is 12.2 Å². The van der Waals surface area contributed by atoms with Crippen LogP contribution in [-0.2, 0) is 6.54 Å². The molecule has 0 radical (unpaired) electrons. The van der Waals surface area contributed by atoms with E-state index in [1.165, 1.54) is 0 Å². The standard InChI is InChI=1S/C8H8F2N2O3/c9-7(10)6-5(8(14)15)4(13)1-3(2-11)12-6/h1,7H,2,11H2,(H,12,13)(H,14,15). The molecule has 0 bridgehead atoms. The van der Waals surface area contributed by atoms with Gasteiger partial charge in [0.05, 0.1) is 0 Å². The van der Waals surface area contributed by atoms with Crippen LogP contribution in [0.1, 0.15) is 28.2 Å². The zero-order valence-corrected chi connectivity index (χ0v) is 7.46. The number of nitrogens with two attached hydrogens (primary N) is 1. The lowest BCUT2D eigenvalue weighted by atomic mass is 10.1. The number of pyridine rings is 1. The van der Waals surface area contributed by atoms with Gasteiger partial charge in [-0.2, -0.15) is 0 Å². The first kappa shape index (κ1) is 11.3. The maximum absolute atomic E-state index is 12.4. The van der Waals surface area contributed by atoms with Crippen LogP contribution in [0.3, 0.4) is 0 Å². The molecule has 0 aliphatic rings. The molecule has 4 N–H and O–H groups in total. The van der Waals surface area contributed by atoms with Crippen LogP contribution in [0.2, 0.25) is 0 Å². The number of aromatic amines is 1. The highest BCUT2D eigenvalue weighted by molar-refractivity contribution is 5.88. The maximum Gasteiger partial charge on any atom is 0.341 e. The van der Waals surface area contributed by atoms with E-state index in [1.54, 1.807) is 0 Å². The first-order valence-corrected chi connectivity index (χ1v) is 3.95. The van der Waals surface area contributed by atoms with Crippen molar-refractivity contribution < 1.29 is 18.7 Å². The van der Waals surface area contributed by atoms with Gasteiger partial charge in [-0.25, -0.2) is 13.6 Å². The van der Waals surface area contributed by atoms with E-state index in [0.717, 1.165) is 6.07 Å². The summed E-state index contributed by atoms with van der Waals surface area (Å²) in [4.78, 5) is 23.9. The highest BCUT2D eigenvalue weighted by Crippen LogP contribution is 2.18. The smallest absolute Gasteiger partial charge is 0.341 e. The molecule has 0 aliphatic heterocycles. The van der Waals surface area contributed by atoms with Gasteiger partial charge in [-0.05, 0) is 0 Å². The Kier molecular flexibility index (Phi) is 3.15. The number of rotatable bonds is 3. The van der Waals surface area contributed by atoms with Crippen LogP contribution in [0.15, 0.2) is 10.9 Å². The fourth-order valence-corrected chi connectivity index (χ4v) is 1.13. The van der Waals surface area contributed by atoms with Crippen LogP contribution in [-0.4, -0.2) is 16.1 Å². The van der Waals surface area contributed by atoms with E-state index < -0.39 is 29.1 Å². The number of alkyl halides is 2. The second kappa shape index (κ2) is 4.18. The number of halogens is 2. The number of H-pyrrole nitrogens is 1. The van der Waals surface area contributed by atoms with Crippen molar-refractivity contribution >= 4 is 5.97 Å². The highest BCUT2D eigenvalue weighted by Gasteiger charge is 2.22. The molecule has 0 saturated heterocycles. The largest absolute Gasteiger partial charge is 0.477 e. The monoisotopic (exact) mass is 218 g/mol. The lowest BCUT2D eigenvalue weighted by molar-refractivity contribution is 0.0680. The van der Waals surface area contributed by atoms with E-state index in [4.69, 9.17) is 10.8 Å². The Balaban J connectivity index is 3.50. The molecule has 1 rings (SSSR count). The number of carboxylic acid groups (broad SMARTS) is 1. The molecule has 5 nitrogen and oxygen atoms in total. The molecule has 1 aromatic heterocycles. The second-order valence-electron chi connectivity index (χ2n) is 2.76. The summed E-state index contributed by atoms with van der Waals surface area (Å²) in [6, 6.07) is 0.898. The van der Waals surface area contributed by atoms with Gasteiger partial charge in [-0.15, -0.1) is 0 Å². The second-order valence-corrected chi connectivity index (χ2v) is 2.76. The third-order valence-corrected chi connectivity index (χ3v) is 1.77. The molecule has 15 heavy (non-hydrogen) atoms. The number of carbonyl (C=O) groups is 1. The molecular formula is C8H8F2N2O3. The van der Waals surface area contributed by atoms with Crippen LogP contribution >= 0.6 is 0 Å². The van der Waals surface area contributed by atoms with Crippen molar-refractivity contribution in [3.63, 3.8) is 0 Å². The molecule has 0 aliphatic carbocycles. The van der Waals surface area contributed by atoms with Gasteiger partial charge in [0.25, 0.3) is 6.43 Å². The molecule has 0 fully saturated rings. The van der Waals surface area contributed by atoms with Crippen molar-refractivity contribution in [2.75, 3.05) is 0 Å². The van der Waals surface area contributed by atoms with Gasteiger partial charge in [-0.3, -0.25) is 4.79 Å². The fraction of sp³-hybridized carbons (Fsp3) is 0.250. The molecule has 0 unspecified atom stereocenters. The number of hydrogen-bond acceptors (Lipinski definition) is 3. The van der Waals surface area contributed by atoms with Gasteiger partial charge in [0.15, 0.2) is 5.43 Å². The predicted molar refractivity (Wildman–Crippen MR) is 46.9 cm³/mol. The quantitative estimate of drug-likeness (QED) is 0.687. The fourth-order valence-electron chi connectivity index (χ4n) is 1.13. The van der Waals surface area contributed by atoms with E-state index in [2.05, 4.69) is 4.98 Å². The summed E-state index contributed by atoms with van der Waals surface area (Å²) < 4.78 is 24.8.